The first-order valence-electron chi connectivity index (χ1n) is 9.06. The molecule has 4 rings (SSSR count). The van der Waals surface area contributed by atoms with Crippen LogP contribution in [0.3, 0.4) is 0 Å². The minimum atomic E-state index is -0.495. The van der Waals surface area contributed by atoms with Crippen molar-refractivity contribution in [1.82, 2.24) is 30.0 Å². The van der Waals surface area contributed by atoms with E-state index in [2.05, 4.69) is 15.5 Å². The molecule has 2 aliphatic heterocycles. The Morgan fingerprint density at radius 2 is 2.00 bits per heavy atom. The van der Waals surface area contributed by atoms with Crippen LogP contribution in [0.5, 0.6) is 0 Å². The molecule has 0 radical (unpaired) electrons. The third-order valence-corrected chi connectivity index (χ3v) is 5.37. The summed E-state index contributed by atoms with van der Waals surface area (Å²) in [6, 6.07) is 9.33. The van der Waals surface area contributed by atoms with E-state index >= 15 is 0 Å². The van der Waals surface area contributed by atoms with Crippen LogP contribution in [-0.4, -0.2) is 74.3 Å². The van der Waals surface area contributed by atoms with Gasteiger partial charge in [0.25, 0.3) is 0 Å². The molecule has 1 aromatic carbocycles. The van der Waals surface area contributed by atoms with Gasteiger partial charge in [0, 0.05) is 39.4 Å². The van der Waals surface area contributed by atoms with E-state index in [4.69, 9.17) is 4.74 Å². The molecule has 0 saturated carbocycles. The Kier molecular flexibility index (Phi) is 4.51. The molecule has 2 aliphatic rings. The molecule has 3 heterocycles. The molecule has 1 spiro atoms. The molecule has 9 nitrogen and oxygen atoms in total. The number of amides is 2. The first-order chi connectivity index (χ1) is 13.1. The molecular weight excluding hydrogens is 348 g/mol. The molecule has 2 aromatic rings. The zero-order valence-corrected chi connectivity index (χ0v) is 15.2. The van der Waals surface area contributed by atoms with Crippen LogP contribution in [0.4, 0.5) is 4.79 Å². The van der Waals surface area contributed by atoms with Crippen molar-refractivity contribution in [3.8, 4) is 0 Å². The normalized spacial score (nSPS) is 20.0. The second-order valence-corrected chi connectivity index (χ2v) is 7.23. The van der Waals surface area contributed by atoms with Gasteiger partial charge in [-0.25, -0.2) is 9.48 Å². The van der Waals surface area contributed by atoms with E-state index in [1.807, 2.05) is 35.2 Å². The predicted molar refractivity (Wildman–Crippen MR) is 94.7 cm³/mol. The van der Waals surface area contributed by atoms with Crippen molar-refractivity contribution >= 4 is 12.0 Å². The van der Waals surface area contributed by atoms with Gasteiger partial charge in [-0.2, -0.15) is 0 Å². The highest BCUT2D eigenvalue weighted by Crippen LogP contribution is 2.33. The van der Waals surface area contributed by atoms with E-state index in [1.54, 1.807) is 11.9 Å². The van der Waals surface area contributed by atoms with E-state index in [1.165, 1.54) is 11.0 Å². The molecule has 27 heavy (non-hydrogen) atoms. The summed E-state index contributed by atoms with van der Waals surface area (Å²) >= 11 is 0. The average molecular weight is 370 g/mol. The maximum Gasteiger partial charge on any atom is 0.410 e. The number of carbonyl (C=O) groups excluding carboxylic acids is 2. The van der Waals surface area contributed by atoms with Gasteiger partial charge in [-0.1, -0.05) is 30.3 Å². The van der Waals surface area contributed by atoms with E-state index in [9.17, 15) is 9.59 Å². The van der Waals surface area contributed by atoms with Crippen LogP contribution in [-0.2, 0) is 16.0 Å². The van der Waals surface area contributed by atoms with Crippen LogP contribution >= 0.6 is 0 Å². The van der Waals surface area contributed by atoms with E-state index in [0.29, 0.717) is 38.9 Å². The minimum absolute atomic E-state index is 0.0151. The number of hydrogen-bond acceptors (Lipinski definition) is 6. The van der Waals surface area contributed by atoms with Gasteiger partial charge in [0.2, 0.25) is 5.91 Å². The molecule has 0 unspecified atom stereocenters. The standard InChI is InChI=1S/C18H22N6O3/c1-22-12-18(27-17(22)26)7-9-23(10-8-18)16(25)15(24-13-19-20-21-24)11-14-5-3-2-4-6-14/h2-6,13,15H,7-12H2,1H3/t15-/m0/s1. The average Bonchev–Trinajstić information content (AvgIpc) is 3.30. The maximum absolute atomic E-state index is 13.2. The lowest BCUT2D eigenvalue weighted by Crippen LogP contribution is -2.50. The van der Waals surface area contributed by atoms with Crippen LogP contribution < -0.4 is 0 Å². The highest BCUT2D eigenvalue weighted by atomic mass is 16.6. The Bertz CT molecular complexity index is 802. The monoisotopic (exact) mass is 370 g/mol. The number of carbonyl (C=O) groups is 2. The second kappa shape index (κ2) is 6.98. The smallest absolute Gasteiger partial charge is 0.410 e. The zero-order valence-electron chi connectivity index (χ0n) is 15.2. The zero-order chi connectivity index (χ0) is 18.9. The van der Waals surface area contributed by atoms with Crippen molar-refractivity contribution in [3.63, 3.8) is 0 Å². The van der Waals surface area contributed by atoms with Crippen LogP contribution in [0.15, 0.2) is 36.7 Å². The topological polar surface area (TPSA) is 93.5 Å². The number of likely N-dealkylation sites (N-methyl/N-ethyl adjacent to an activating group) is 1. The van der Waals surface area contributed by atoms with Gasteiger partial charge >= 0.3 is 6.09 Å². The van der Waals surface area contributed by atoms with Gasteiger partial charge in [0.05, 0.1) is 6.54 Å². The van der Waals surface area contributed by atoms with Crippen molar-refractivity contribution in [2.24, 2.45) is 0 Å². The molecule has 0 aliphatic carbocycles. The summed E-state index contributed by atoms with van der Waals surface area (Å²) in [5.74, 6) is -0.0151. The van der Waals surface area contributed by atoms with Crippen LogP contribution in [0, 0.1) is 0 Å². The third kappa shape index (κ3) is 3.49. The summed E-state index contributed by atoms with van der Waals surface area (Å²) in [5, 5.41) is 11.3. The van der Waals surface area contributed by atoms with Crippen molar-refractivity contribution in [2.75, 3.05) is 26.7 Å². The number of piperidine rings is 1. The van der Waals surface area contributed by atoms with Crippen LogP contribution in [0.25, 0.3) is 0 Å². The Morgan fingerprint density at radius 3 is 2.59 bits per heavy atom. The molecular formula is C18H22N6O3. The molecule has 1 atom stereocenters. The highest BCUT2D eigenvalue weighted by Gasteiger charge is 2.46. The third-order valence-electron chi connectivity index (χ3n) is 5.37. The molecule has 2 fully saturated rings. The van der Waals surface area contributed by atoms with Crippen molar-refractivity contribution in [3.05, 3.63) is 42.2 Å². The molecule has 142 valence electrons. The summed E-state index contributed by atoms with van der Waals surface area (Å²) in [4.78, 5) is 28.4. The summed E-state index contributed by atoms with van der Waals surface area (Å²) < 4.78 is 7.09. The van der Waals surface area contributed by atoms with E-state index in [-0.39, 0.29) is 12.0 Å². The molecule has 2 saturated heterocycles. The van der Waals surface area contributed by atoms with Gasteiger partial charge < -0.3 is 14.5 Å². The summed E-state index contributed by atoms with van der Waals surface area (Å²) in [5.41, 5.74) is 0.581. The SMILES string of the molecule is CN1CC2(CCN(C(=O)[C@H](Cc3ccccc3)n3cnnn3)CC2)OC1=O. The number of tetrazole rings is 1. The number of aromatic nitrogens is 4. The Balaban J connectivity index is 1.47. The van der Waals surface area contributed by atoms with E-state index < -0.39 is 11.6 Å². The minimum Gasteiger partial charge on any atom is -0.441 e. The predicted octanol–water partition coefficient (Wildman–Crippen LogP) is 0.900. The van der Waals surface area contributed by atoms with E-state index in [0.717, 1.165) is 5.56 Å². The first-order valence-corrected chi connectivity index (χ1v) is 9.06. The van der Waals surface area contributed by atoms with Crippen molar-refractivity contribution in [2.45, 2.75) is 30.9 Å². The quantitative estimate of drug-likeness (QED) is 0.794. The molecule has 2 amide bonds. The number of rotatable bonds is 4. The molecule has 9 heteroatoms. The van der Waals surface area contributed by atoms with Crippen LogP contribution in [0.2, 0.25) is 0 Å². The number of benzene rings is 1. The summed E-state index contributed by atoms with van der Waals surface area (Å²) in [7, 11) is 1.74. The van der Waals surface area contributed by atoms with Crippen molar-refractivity contribution < 1.29 is 14.3 Å². The van der Waals surface area contributed by atoms with Gasteiger partial charge in [0.1, 0.15) is 18.0 Å². The lowest BCUT2D eigenvalue weighted by atomic mass is 9.91. The fourth-order valence-corrected chi connectivity index (χ4v) is 3.84. The van der Waals surface area contributed by atoms with Gasteiger partial charge in [-0.15, -0.1) is 5.10 Å². The van der Waals surface area contributed by atoms with Crippen LogP contribution in [0.1, 0.15) is 24.4 Å². The summed E-state index contributed by atoms with van der Waals surface area (Å²) in [6.07, 6.45) is 2.99. The lowest BCUT2D eigenvalue weighted by Gasteiger charge is -2.38. The van der Waals surface area contributed by atoms with Gasteiger partial charge in [-0.3, -0.25) is 4.79 Å². The number of likely N-dealkylation sites (tertiary alicyclic amines) is 1. The molecule has 0 N–H and O–H groups in total. The highest BCUT2D eigenvalue weighted by molar-refractivity contribution is 5.81. The fraction of sp³-hybridized carbons (Fsp3) is 0.500. The Hall–Kier alpha value is -2.97. The Morgan fingerprint density at radius 1 is 1.26 bits per heavy atom. The largest absolute Gasteiger partial charge is 0.441 e. The molecule has 1 aromatic heterocycles. The fourth-order valence-electron chi connectivity index (χ4n) is 3.84. The maximum atomic E-state index is 13.2. The second-order valence-electron chi connectivity index (χ2n) is 7.23. The first kappa shape index (κ1) is 17.4. The van der Waals surface area contributed by atoms with Gasteiger partial charge in [0.15, 0.2) is 0 Å². The molecule has 0 bridgehead atoms. The summed E-state index contributed by atoms with van der Waals surface area (Å²) in [6.45, 7) is 1.68. The lowest BCUT2D eigenvalue weighted by molar-refractivity contribution is -0.138. The number of hydrogen-bond donors (Lipinski definition) is 0. The number of ether oxygens (including phenoxy) is 1. The van der Waals surface area contributed by atoms with Gasteiger partial charge in [-0.05, 0) is 16.0 Å². The Labute approximate surface area is 156 Å². The van der Waals surface area contributed by atoms with Crippen molar-refractivity contribution in [1.29, 1.82) is 0 Å². The number of nitrogens with zero attached hydrogens (tertiary/aromatic N) is 6.